The zero-order chi connectivity index (χ0) is 13.0. The molecule has 2 rings (SSSR count). The Morgan fingerprint density at radius 3 is 2.83 bits per heavy atom. The quantitative estimate of drug-likeness (QED) is 0.795. The van der Waals surface area contributed by atoms with Gasteiger partial charge in [-0.15, -0.1) is 0 Å². The fourth-order valence-corrected chi connectivity index (χ4v) is 1.80. The van der Waals surface area contributed by atoms with E-state index in [1.54, 1.807) is 11.8 Å². The van der Waals surface area contributed by atoms with E-state index in [0.717, 1.165) is 0 Å². The number of ether oxygens (including phenoxy) is 1. The van der Waals surface area contributed by atoms with E-state index in [1.807, 2.05) is 6.92 Å². The summed E-state index contributed by atoms with van der Waals surface area (Å²) in [6.45, 7) is 6.53. The SMILES string of the molecule is Cc1noc(CNC(C)C(=O)N2CCOCC2)n1. The van der Waals surface area contributed by atoms with Crippen LogP contribution in [-0.2, 0) is 16.1 Å². The van der Waals surface area contributed by atoms with Crippen LogP contribution in [0, 0.1) is 6.92 Å². The summed E-state index contributed by atoms with van der Waals surface area (Å²) in [4.78, 5) is 17.9. The third kappa shape index (κ3) is 3.27. The van der Waals surface area contributed by atoms with Gasteiger partial charge >= 0.3 is 0 Å². The molecule has 1 aromatic heterocycles. The van der Waals surface area contributed by atoms with Crippen LogP contribution in [0.2, 0.25) is 0 Å². The maximum Gasteiger partial charge on any atom is 0.240 e. The predicted molar refractivity (Wildman–Crippen MR) is 62.7 cm³/mol. The Morgan fingerprint density at radius 2 is 2.22 bits per heavy atom. The molecule has 1 amide bonds. The van der Waals surface area contributed by atoms with Gasteiger partial charge in [0.05, 0.1) is 25.8 Å². The normalized spacial score (nSPS) is 17.8. The zero-order valence-corrected chi connectivity index (χ0v) is 10.7. The van der Waals surface area contributed by atoms with Crippen molar-refractivity contribution < 1.29 is 14.1 Å². The van der Waals surface area contributed by atoms with Crippen molar-refractivity contribution in [3.8, 4) is 0 Å². The van der Waals surface area contributed by atoms with E-state index in [9.17, 15) is 4.79 Å². The Bertz CT molecular complexity index is 401. The third-order valence-electron chi connectivity index (χ3n) is 2.82. The van der Waals surface area contributed by atoms with E-state index in [2.05, 4.69) is 15.5 Å². The molecule has 0 spiro atoms. The molecule has 0 aliphatic carbocycles. The summed E-state index contributed by atoms with van der Waals surface area (Å²) in [5.41, 5.74) is 0. The van der Waals surface area contributed by atoms with Crippen molar-refractivity contribution >= 4 is 5.91 Å². The molecule has 7 nitrogen and oxygen atoms in total. The Hall–Kier alpha value is -1.47. The molecular weight excluding hydrogens is 236 g/mol. The molecule has 18 heavy (non-hydrogen) atoms. The number of nitrogens with one attached hydrogen (secondary N) is 1. The van der Waals surface area contributed by atoms with Gasteiger partial charge < -0.3 is 14.2 Å². The Kier molecular flexibility index (Phi) is 4.27. The molecule has 1 aromatic rings. The van der Waals surface area contributed by atoms with Crippen molar-refractivity contribution in [1.29, 1.82) is 0 Å². The average molecular weight is 254 g/mol. The standard InChI is InChI=1S/C11H18N4O3/c1-8(11(16)15-3-5-17-6-4-15)12-7-10-13-9(2)14-18-10/h8,12H,3-7H2,1-2H3. The molecule has 7 heteroatoms. The lowest BCUT2D eigenvalue weighted by atomic mass is 10.2. The number of aryl methyl sites for hydroxylation is 1. The van der Waals surface area contributed by atoms with Gasteiger partial charge in [0.15, 0.2) is 5.82 Å². The minimum absolute atomic E-state index is 0.0783. The first-order chi connectivity index (χ1) is 8.66. The van der Waals surface area contributed by atoms with Gasteiger partial charge in [0.1, 0.15) is 0 Å². The van der Waals surface area contributed by atoms with Crippen LogP contribution >= 0.6 is 0 Å². The second-order valence-corrected chi connectivity index (χ2v) is 4.28. The van der Waals surface area contributed by atoms with Gasteiger partial charge in [-0.3, -0.25) is 10.1 Å². The van der Waals surface area contributed by atoms with Gasteiger partial charge in [0.25, 0.3) is 0 Å². The lowest BCUT2D eigenvalue weighted by Gasteiger charge is -2.29. The summed E-state index contributed by atoms with van der Waals surface area (Å²) in [5, 5.41) is 6.77. The van der Waals surface area contributed by atoms with E-state index in [1.165, 1.54) is 0 Å². The van der Waals surface area contributed by atoms with Crippen LogP contribution in [-0.4, -0.2) is 53.3 Å². The zero-order valence-electron chi connectivity index (χ0n) is 10.7. The maximum atomic E-state index is 12.1. The highest BCUT2D eigenvalue weighted by Gasteiger charge is 2.22. The number of rotatable bonds is 4. The first kappa shape index (κ1) is 13.0. The molecule has 2 heterocycles. The third-order valence-corrected chi connectivity index (χ3v) is 2.82. The van der Waals surface area contributed by atoms with E-state index in [0.29, 0.717) is 44.6 Å². The number of aromatic nitrogens is 2. The van der Waals surface area contributed by atoms with Crippen LogP contribution in [0.3, 0.4) is 0 Å². The number of hydrogen-bond acceptors (Lipinski definition) is 6. The highest BCUT2D eigenvalue weighted by Crippen LogP contribution is 2.02. The monoisotopic (exact) mass is 254 g/mol. The summed E-state index contributed by atoms with van der Waals surface area (Å²) in [6, 6.07) is -0.268. The minimum atomic E-state index is -0.268. The first-order valence-corrected chi connectivity index (χ1v) is 6.06. The average Bonchev–Trinajstić information content (AvgIpc) is 2.82. The second kappa shape index (κ2) is 5.92. The molecule has 1 fully saturated rings. The predicted octanol–water partition coefficient (Wildman–Crippen LogP) is -0.285. The first-order valence-electron chi connectivity index (χ1n) is 6.06. The number of carbonyl (C=O) groups is 1. The van der Waals surface area contributed by atoms with Gasteiger partial charge in [-0.25, -0.2) is 0 Å². The van der Waals surface area contributed by atoms with Crippen LogP contribution in [0.15, 0.2) is 4.52 Å². The fraction of sp³-hybridized carbons (Fsp3) is 0.727. The number of carbonyl (C=O) groups excluding carboxylic acids is 1. The molecule has 0 saturated carbocycles. The summed E-state index contributed by atoms with van der Waals surface area (Å²) < 4.78 is 10.2. The largest absolute Gasteiger partial charge is 0.378 e. The van der Waals surface area contributed by atoms with Crippen molar-refractivity contribution in [2.45, 2.75) is 26.4 Å². The maximum absolute atomic E-state index is 12.1. The van der Waals surface area contributed by atoms with Gasteiger partial charge in [0, 0.05) is 13.1 Å². The Morgan fingerprint density at radius 1 is 1.50 bits per heavy atom. The lowest BCUT2D eigenvalue weighted by Crippen LogP contribution is -2.49. The molecule has 0 radical (unpaired) electrons. The number of hydrogen-bond donors (Lipinski definition) is 1. The number of nitrogens with zero attached hydrogens (tertiary/aromatic N) is 3. The summed E-state index contributed by atoms with van der Waals surface area (Å²) in [6.07, 6.45) is 0. The van der Waals surface area contributed by atoms with Crippen molar-refractivity contribution in [2.24, 2.45) is 0 Å². The Balaban J connectivity index is 1.79. The minimum Gasteiger partial charge on any atom is -0.378 e. The fourth-order valence-electron chi connectivity index (χ4n) is 1.80. The van der Waals surface area contributed by atoms with E-state index in [-0.39, 0.29) is 11.9 Å². The van der Waals surface area contributed by atoms with Gasteiger partial charge in [0.2, 0.25) is 11.8 Å². The van der Waals surface area contributed by atoms with Crippen molar-refractivity contribution in [3.63, 3.8) is 0 Å². The molecular formula is C11H18N4O3. The summed E-state index contributed by atoms with van der Waals surface area (Å²) in [5.74, 6) is 1.17. The number of amides is 1. The smallest absolute Gasteiger partial charge is 0.240 e. The van der Waals surface area contributed by atoms with Gasteiger partial charge in [-0.05, 0) is 13.8 Å². The molecule has 1 aliphatic heterocycles. The molecule has 0 aromatic carbocycles. The van der Waals surface area contributed by atoms with Gasteiger partial charge in [-0.1, -0.05) is 5.16 Å². The van der Waals surface area contributed by atoms with Crippen LogP contribution in [0.25, 0.3) is 0 Å². The van der Waals surface area contributed by atoms with Crippen LogP contribution in [0.1, 0.15) is 18.6 Å². The van der Waals surface area contributed by atoms with Gasteiger partial charge in [-0.2, -0.15) is 4.98 Å². The van der Waals surface area contributed by atoms with Crippen LogP contribution < -0.4 is 5.32 Å². The summed E-state index contributed by atoms with van der Waals surface area (Å²) >= 11 is 0. The molecule has 1 N–H and O–H groups in total. The van der Waals surface area contributed by atoms with E-state index >= 15 is 0 Å². The van der Waals surface area contributed by atoms with Crippen molar-refractivity contribution in [1.82, 2.24) is 20.4 Å². The molecule has 1 aliphatic rings. The molecule has 1 unspecified atom stereocenters. The lowest BCUT2D eigenvalue weighted by molar-refractivity contribution is -0.137. The van der Waals surface area contributed by atoms with E-state index in [4.69, 9.17) is 9.26 Å². The summed E-state index contributed by atoms with van der Waals surface area (Å²) in [7, 11) is 0. The molecule has 1 saturated heterocycles. The van der Waals surface area contributed by atoms with Crippen LogP contribution in [0.5, 0.6) is 0 Å². The molecule has 100 valence electrons. The van der Waals surface area contributed by atoms with E-state index < -0.39 is 0 Å². The Labute approximate surface area is 105 Å². The highest BCUT2D eigenvalue weighted by atomic mass is 16.5. The van der Waals surface area contributed by atoms with Crippen molar-refractivity contribution in [3.05, 3.63) is 11.7 Å². The molecule has 1 atom stereocenters. The molecule has 0 bridgehead atoms. The van der Waals surface area contributed by atoms with Crippen molar-refractivity contribution in [2.75, 3.05) is 26.3 Å². The number of morpholine rings is 1. The van der Waals surface area contributed by atoms with Crippen LogP contribution in [0.4, 0.5) is 0 Å². The highest BCUT2D eigenvalue weighted by molar-refractivity contribution is 5.81. The topological polar surface area (TPSA) is 80.5 Å². The second-order valence-electron chi connectivity index (χ2n) is 4.28.